The Labute approximate surface area is 234 Å². The van der Waals surface area contributed by atoms with Crippen LogP contribution in [0.25, 0.3) is 11.1 Å². The molecule has 0 fully saturated rings. The third kappa shape index (κ3) is 10.9. The van der Waals surface area contributed by atoms with Gasteiger partial charge in [0.1, 0.15) is 13.2 Å². The molecule has 1 aliphatic carbocycles. The second-order valence-electron chi connectivity index (χ2n) is 8.96. The topological polar surface area (TPSA) is 148 Å². The van der Waals surface area contributed by atoms with Gasteiger partial charge in [-0.05, 0) is 41.0 Å². The van der Waals surface area contributed by atoms with Crippen molar-refractivity contribution < 1.29 is 43.5 Å². The molecule has 3 rings (SSSR count). The van der Waals surface area contributed by atoms with Crippen molar-refractivity contribution in [3.63, 3.8) is 0 Å². The van der Waals surface area contributed by atoms with Crippen LogP contribution in [0.2, 0.25) is 0 Å². The fraction of sp³-hybridized carbons (Fsp3) is 0.483. The van der Waals surface area contributed by atoms with Gasteiger partial charge in [0.25, 0.3) is 0 Å². The fourth-order valence-corrected chi connectivity index (χ4v) is 4.20. The quantitative estimate of drug-likeness (QED) is 0.142. The first-order valence-electron chi connectivity index (χ1n) is 13.4. The lowest BCUT2D eigenvalue weighted by molar-refractivity contribution is -0.223. The van der Waals surface area contributed by atoms with Gasteiger partial charge in [-0.25, -0.2) is 9.59 Å². The number of aliphatic imine (C=N–C) groups is 1. The molecular formula is C29H37N2O9-. The van der Waals surface area contributed by atoms with Crippen molar-refractivity contribution in [3.05, 3.63) is 59.7 Å². The van der Waals surface area contributed by atoms with Crippen molar-refractivity contribution in [3.8, 4) is 11.1 Å². The largest absolute Gasteiger partial charge is 0.860 e. The van der Waals surface area contributed by atoms with Crippen LogP contribution in [0.1, 0.15) is 29.9 Å². The van der Waals surface area contributed by atoms with E-state index in [9.17, 15) is 14.7 Å². The summed E-state index contributed by atoms with van der Waals surface area (Å²) in [7, 11) is 0. The molecule has 0 unspecified atom stereocenters. The Morgan fingerprint density at radius 1 is 0.800 bits per heavy atom. The minimum absolute atomic E-state index is 0.0386. The first-order chi connectivity index (χ1) is 19.6. The van der Waals surface area contributed by atoms with E-state index in [0.29, 0.717) is 65.6 Å². The zero-order valence-electron chi connectivity index (χ0n) is 22.5. The van der Waals surface area contributed by atoms with Gasteiger partial charge in [0.05, 0.1) is 33.0 Å². The second-order valence-corrected chi connectivity index (χ2v) is 8.96. The van der Waals surface area contributed by atoms with Crippen molar-refractivity contribution >= 4 is 18.0 Å². The average Bonchev–Trinajstić information content (AvgIpc) is 3.27. The first-order valence-corrected chi connectivity index (χ1v) is 13.4. The van der Waals surface area contributed by atoms with Crippen LogP contribution in [0.3, 0.4) is 0 Å². The minimum atomic E-state index is -1.13. The zero-order chi connectivity index (χ0) is 28.4. The second kappa shape index (κ2) is 18.0. The van der Waals surface area contributed by atoms with Crippen LogP contribution in [-0.4, -0.2) is 95.6 Å². The maximum Gasteiger partial charge on any atom is 0.407 e. The number of carboxylic acids is 1. The van der Waals surface area contributed by atoms with Crippen molar-refractivity contribution in [2.75, 3.05) is 72.6 Å². The summed E-state index contributed by atoms with van der Waals surface area (Å²) >= 11 is 0. The molecule has 2 aromatic carbocycles. The van der Waals surface area contributed by atoms with Crippen LogP contribution < -0.4 is 10.4 Å². The highest BCUT2D eigenvalue weighted by molar-refractivity contribution is 5.79. The van der Waals surface area contributed by atoms with E-state index in [2.05, 4.69) is 39.3 Å². The number of amides is 1. The summed E-state index contributed by atoms with van der Waals surface area (Å²) in [6.07, 6.45) is 0.792. The number of alkyl carbamates (subject to hydrolysis) is 1. The maximum atomic E-state index is 12.2. The van der Waals surface area contributed by atoms with Gasteiger partial charge in [0.15, 0.2) is 0 Å². The number of ether oxygens (including phenoxy) is 5. The van der Waals surface area contributed by atoms with Gasteiger partial charge < -0.3 is 44.2 Å². The lowest BCUT2D eigenvalue weighted by Crippen LogP contribution is -2.27. The number of nitrogens with zero attached hydrogens (tertiary/aromatic N) is 1. The molecule has 2 N–H and O–H groups in total. The molecule has 0 saturated carbocycles. The molecule has 0 spiro atoms. The molecule has 40 heavy (non-hydrogen) atoms. The highest BCUT2D eigenvalue weighted by atomic mass is 16.6. The summed E-state index contributed by atoms with van der Waals surface area (Å²) in [5.74, 6) is -1.58. The van der Waals surface area contributed by atoms with Gasteiger partial charge in [0, 0.05) is 32.2 Å². The molecule has 0 heterocycles. The van der Waals surface area contributed by atoms with Gasteiger partial charge in [-0.3, -0.25) is 0 Å². The molecule has 0 bridgehead atoms. The molecule has 0 saturated heterocycles. The van der Waals surface area contributed by atoms with E-state index in [1.165, 1.54) is 22.3 Å². The first kappa shape index (κ1) is 31.0. The molecule has 218 valence electrons. The number of benzene rings is 2. The third-order valence-electron chi connectivity index (χ3n) is 6.01. The fourth-order valence-electron chi connectivity index (χ4n) is 4.20. The molecule has 1 amide bonds. The van der Waals surface area contributed by atoms with Crippen molar-refractivity contribution in [2.24, 2.45) is 4.99 Å². The molecule has 0 aliphatic heterocycles. The predicted molar refractivity (Wildman–Crippen MR) is 146 cm³/mol. The average molecular weight is 558 g/mol. The lowest BCUT2D eigenvalue weighted by Gasteiger charge is -2.14. The van der Waals surface area contributed by atoms with Gasteiger partial charge in [-0.2, -0.15) is 0 Å². The van der Waals surface area contributed by atoms with E-state index in [-0.39, 0.29) is 19.1 Å². The number of nitrogens with one attached hydrogen (secondary N) is 1. The van der Waals surface area contributed by atoms with Crippen LogP contribution >= 0.6 is 0 Å². The molecule has 11 heteroatoms. The summed E-state index contributed by atoms with van der Waals surface area (Å²) in [5.41, 5.74) is 4.76. The number of rotatable bonds is 20. The van der Waals surface area contributed by atoms with E-state index >= 15 is 0 Å². The summed E-state index contributed by atoms with van der Waals surface area (Å²) in [4.78, 5) is 26.2. The monoisotopic (exact) mass is 557 g/mol. The Morgan fingerprint density at radius 3 is 2.00 bits per heavy atom. The Morgan fingerprint density at radius 2 is 1.38 bits per heavy atom. The number of carboxylic acid groups (broad SMARTS) is 1. The molecule has 0 aromatic heterocycles. The van der Waals surface area contributed by atoms with Crippen LogP contribution in [0.4, 0.5) is 4.79 Å². The highest BCUT2D eigenvalue weighted by Gasteiger charge is 2.28. The van der Waals surface area contributed by atoms with Crippen LogP contribution in [0, 0.1) is 0 Å². The van der Waals surface area contributed by atoms with E-state index in [4.69, 9.17) is 24.1 Å². The smallest absolute Gasteiger partial charge is 0.407 e. The summed E-state index contributed by atoms with van der Waals surface area (Å²) in [6.45, 7) is 2.83. The van der Waals surface area contributed by atoms with E-state index in [1.807, 2.05) is 24.3 Å². The van der Waals surface area contributed by atoms with E-state index in [1.54, 1.807) is 0 Å². The number of aliphatic carboxylic acids is 1. The van der Waals surface area contributed by atoms with Gasteiger partial charge in [-0.15, -0.1) is 0 Å². The summed E-state index contributed by atoms with van der Waals surface area (Å²) in [5, 5.41) is 22.5. The minimum Gasteiger partial charge on any atom is -0.860 e. The number of hydrogen-bond acceptors (Lipinski definition) is 9. The molecule has 1 aliphatic rings. The van der Waals surface area contributed by atoms with E-state index < -0.39 is 24.6 Å². The van der Waals surface area contributed by atoms with Crippen LogP contribution in [0.15, 0.2) is 53.5 Å². The standard InChI is InChI=1S/C29H38N2O9/c32-27(20-39-21-28(33)34)30-11-5-13-36-15-17-38-18-16-37-14-6-12-31-29(35)40-19-26-24-9-3-1-7-22(24)23-8-2-4-10-25(23)26/h1-4,7-10,26H,5-6,11-21H2,(H,30,32)(H,31,35)(H,33,34)/p-1. The Bertz CT molecular complexity index is 1050. The molecular weight excluding hydrogens is 520 g/mol. The van der Waals surface area contributed by atoms with Gasteiger partial charge >= 0.3 is 12.1 Å². The molecule has 11 nitrogen and oxygen atoms in total. The highest BCUT2D eigenvalue weighted by Crippen LogP contribution is 2.44. The Balaban J connectivity index is 1.11. The Hall–Kier alpha value is -3.51. The maximum absolute atomic E-state index is 12.2. The SMILES string of the molecule is O=C(O)COCC([O-])=NCCCOCCOCCOCCCNC(=O)OCC1c2ccccc2-c2ccccc21. The number of carbonyl (C=O) groups is 2. The van der Waals surface area contributed by atoms with Crippen molar-refractivity contribution in [1.82, 2.24) is 5.32 Å². The number of fused-ring (bicyclic) bond motifs is 3. The summed E-state index contributed by atoms with van der Waals surface area (Å²) in [6, 6.07) is 16.5. The molecule has 0 atom stereocenters. The zero-order valence-corrected chi connectivity index (χ0v) is 22.5. The van der Waals surface area contributed by atoms with Crippen LogP contribution in [-0.2, 0) is 28.5 Å². The normalized spacial score (nSPS) is 12.7. The van der Waals surface area contributed by atoms with Crippen LogP contribution in [0.5, 0.6) is 0 Å². The van der Waals surface area contributed by atoms with Gasteiger partial charge in [-0.1, -0.05) is 48.5 Å². The van der Waals surface area contributed by atoms with Gasteiger partial charge in [0.2, 0.25) is 0 Å². The third-order valence-corrected chi connectivity index (χ3v) is 6.01. The molecule has 0 radical (unpaired) electrons. The van der Waals surface area contributed by atoms with Crippen molar-refractivity contribution in [2.45, 2.75) is 18.8 Å². The van der Waals surface area contributed by atoms with Crippen molar-refractivity contribution in [1.29, 1.82) is 0 Å². The lowest BCUT2D eigenvalue weighted by atomic mass is 9.98. The predicted octanol–water partition coefficient (Wildman–Crippen LogP) is 2.22. The Kier molecular flexibility index (Phi) is 13.9. The summed E-state index contributed by atoms with van der Waals surface area (Å²) < 4.78 is 26.5. The number of carbonyl (C=O) groups excluding carboxylic acids is 1. The number of hydrogen-bond donors (Lipinski definition) is 2. The molecule has 2 aromatic rings. The van der Waals surface area contributed by atoms with E-state index in [0.717, 1.165) is 0 Å².